The van der Waals surface area contributed by atoms with E-state index in [1.54, 1.807) is 0 Å². The molecule has 4 atom stereocenters. The molecule has 4 heteroatoms. The summed E-state index contributed by atoms with van der Waals surface area (Å²) >= 11 is 0. The summed E-state index contributed by atoms with van der Waals surface area (Å²) in [6.07, 6.45) is 1.08. The molecule has 96 valence electrons. The van der Waals surface area contributed by atoms with Crippen molar-refractivity contribution in [3.8, 4) is 0 Å². The second-order valence-corrected chi connectivity index (χ2v) is 5.24. The topological polar surface area (TPSA) is 80.9 Å². The molecule has 1 saturated carbocycles. The normalized spacial score (nSPS) is 33.8. The van der Waals surface area contributed by atoms with Gasteiger partial charge in [-0.3, -0.25) is 0 Å². The van der Waals surface area contributed by atoms with Crippen LogP contribution in [0.4, 0.5) is 0 Å². The van der Waals surface area contributed by atoms with E-state index in [2.05, 4.69) is 0 Å². The molecule has 16 heavy (non-hydrogen) atoms. The summed E-state index contributed by atoms with van der Waals surface area (Å²) < 4.78 is 0. The quantitative estimate of drug-likeness (QED) is 0.536. The van der Waals surface area contributed by atoms with Gasteiger partial charge in [0.05, 0.1) is 12.2 Å². The zero-order valence-electron chi connectivity index (χ0n) is 10.1. The lowest BCUT2D eigenvalue weighted by molar-refractivity contribution is -0.241. The van der Waals surface area contributed by atoms with E-state index in [4.69, 9.17) is 0 Å². The molecule has 0 aliphatic heterocycles. The highest BCUT2D eigenvalue weighted by molar-refractivity contribution is 4.88. The molecule has 0 saturated heterocycles. The van der Waals surface area contributed by atoms with Crippen LogP contribution in [0.15, 0.2) is 0 Å². The fourth-order valence-corrected chi connectivity index (χ4v) is 2.47. The van der Waals surface area contributed by atoms with Crippen LogP contribution in [0.1, 0.15) is 46.0 Å². The average molecular weight is 232 g/mol. The Labute approximate surface area is 96.9 Å². The Balaban J connectivity index is 2.60. The Hall–Kier alpha value is -0.160. The zero-order chi connectivity index (χ0) is 12.3. The van der Waals surface area contributed by atoms with Crippen LogP contribution in [0.5, 0.6) is 0 Å². The second-order valence-electron chi connectivity index (χ2n) is 5.24. The van der Waals surface area contributed by atoms with E-state index in [1.165, 1.54) is 0 Å². The van der Waals surface area contributed by atoms with Crippen LogP contribution in [0.25, 0.3) is 0 Å². The molecule has 1 aliphatic rings. The molecule has 0 spiro atoms. The molecule has 0 aromatic heterocycles. The van der Waals surface area contributed by atoms with Gasteiger partial charge in [0.15, 0.2) is 5.79 Å². The van der Waals surface area contributed by atoms with Gasteiger partial charge in [0.1, 0.15) is 0 Å². The summed E-state index contributed by atoms with van der Waals surface area (Å²) in [5.41, 5.74) is 0. The molecular weight excluding hydrogens is 208 g/mol. The summed E-state index contributed by atoms with van der Waals surface area (Å²) in [4.78, 5) is 0. The Morgan fingerprint density at radius 1 is 1.25 bits per heavy atom. The van der Waals surface area contributed by atoms with Crippen LogP contribution >= 0.6 is 0 Å². The average Bonchev–Trinajstić information content (AvgIpc) is 2.16. The van der Waals surface area contributed by atoms with Gasteiger partial charge >= 0.3 is 0 Å². The Morgan fingerprint density at radius 3 is 2.38 bits per heavy atom. The third kappa shape index (κ3) is 3.42. The van der Waals surface area contributed by atoms with E-state index in [0.29, 0.717) is 12.8 Å². The predicted molar refractivity (Wildman–Crippen MR) is 60.6 cm³/mol. The maximum Gasteiger partial charge on any atom is 0.168 e. The van der Waals surface area contributed by atoms with Crippen molar-refractivity contribution in [2.75, 3.05) is 0 Å². The molecule has 4 nitrogen and oxygen atoms in total. The SMILES string of the molecule is CCC(C)CC(O)(O)C1CCC(O)CC1O. The summed E-state index contributed by atoms with van der Waals surface area (Å²) in [5.74, 6) is -2.13. The number of hydrogen-bond acceptors (Lipinski definition) is 4. The standard InChI is InChI=1S/C12H24O4/c1-3-8(2)7-12(15,16)10-5-4-9(13)6-11(10)14/h8-11,13-16H,3-7H2,1-2H3. The van der Waals surface area contributed by atoms with Crippen molar-refractivity contribution >= 4 is 0 Å². The van der Waals surface area contributed by atoms with Crippen LogP contribution in [0, 0.1) is 11.8 Å². The molecule has 1 rings (SSSR count). The van der Waals surface area contributed by atoms with E-state index in [0.717, 1.165) is 6.42 Å². The van der Waals surface area contributed by atoms with Gasteiger partial charge in [-0.2, -0.15) is 0 Å². The summed E-state index contributed by atoms with van der Waals surface area (Å²) in [6, 6.07) is 0. The second kappa shape index (κ2) is 5.45. The van der Waals surface area contributed by atoms with Gasteiger partial charge in [-0.05, 0) is 25.2 Å². The summed E-state index contributed by atoms with van der Waals surface area (Å²) in [7, 11) is 0. The van der Waals surface area contributed by atoms with Crippen molar-refractivity contribution in [3.05, 3.63) is 0 Å². The van der Waals surface area contributed by atoms with Crippen molar-refractivity contribution in [1.82, 2.24) is 0 Å². The van der Waals surface area contributed by atoms with Gasteiger partial charge in [0.25, 0.3) is 0 Å². The highest BCUT2D eigenvalue weighted by atomic mass is 16.5. The van der Waals surface area contributed by atoms with Crippen molar-refractivity contribution < 1.29 is 20.4 Å². The van der Waals surface area contributed by atoms with Gasteiger partial charge in [-0.15, -0.1) is 0 Å². The number of aliphatic hydroxyl groups excluding tert-OH is 2. The zero-order valence-corrected chi connectivity index (χ0v) is 10.1. The molecule has 0 bridgehead atoms. The van der Waals surface area contributed by atoms with Crippen LogP contribution < -0.4 is 0 Å². The van der Waals surface area contributed by atoms with Crippen LogP contribution in [0.2, 0.25) is 0 Å². The van der Waals surface area contributed by atoms with Crippen molar-refractivity contribution in [2.24, 2.45) is 11.8 Å². The number of hydrogen-bond donors (Lipinski definition) is 4. The minimum atomic E-state index is -1.81. The maximum absolute atomic E-state index is 10.0. The largest absolute Gasteiger partial charge is 0.393 e. The molecule has 1 aliphatic carbocycles. The monoisotopic (exact) mass is 232 g/mol. The minimum Gasteiger partial charge on any atom is -0.393 e. The van der Waals surface area contributed by atoms with Crippen LogP contribution in [0.3, 0.4) is 0 Å². The number of aliphatic hydroxyl groups is 4. The molecule has 0 radical (unpaired) electrons. The van der Waals surface area contributed by atoms with Gasteiger partial charge in [0.2, 0.25) is 0 Å². The third-order valence-corrected chi connectivity index (χ3v) is 3.73. The van der Waals surface area contributed by atoms with E-state index in [-0.39, 0.29) is 18.8 Å². The lowest BCUT2D eigenvalue weighted by Gasteiger charge is -2.40. The van der Waals surface area contributed by atoms with Crippen molar-refractivity contribution in [2.45, 2.75) is 63.9 Å². The highest BCUT2D eigenvalue weighted by Crippen LogP contribution is 2.35. The van der Waals surface area contributed by atoms with Gasteiger partial charge in [0, 0.05) is 12.3 Å². The molecular formula is C12H24O4. The van der Waals surface area contributed by atoms with E-state index in [1.807, 2.05) is 13.8 Å². The molecule has 0 aromatic carbocycles. The predicted octanol–water partition coefficient (Wildman–Crippen LogP) is 0.625. The van der Waals surface area contributed by atoms with Crippen molar-refractivity contribution in [3.63, 3.8) is 0 Å². The van der Waals surface area contributed by atoms with Gasteiger partial charge in [-0.1, -0.05) is 20.3 Å². The first kappa shape index (κ1) is 13.9. The van der Waals surface area contributed by atoms with E-state index < -0.39 is 23.9 Å². The summed E-state index contributed by atoms with van der Waals surface area (Å²) in [6.45, 7) is 3.97. The molecule has 0 amide bonds. The van der Waals surface area contributed by atoms with Crippen molar-refractivity contribution in [1.29, 1.82) is 0 Å². The van der Waals surface area contributed by atoms with E-state index >= 15 is 0 Å². The smallest absolute Gasteiger partial charge is 0.168 e. The van der Waals surface area contributed by atoms with E-state index in [9.17, 15) is 20.4 Å². The first-order valence-corrected chi connectivity index (χ1v) is 6.17. The first-order valence-electron chi connectivity index (χ1n) is 6.17. The summed E-state index contributed by atoms with van der Waals surface area (Å²) in [5, 5.41) is 39.2. The third-order valence-electron chi connectivity index (χ3n) is 3.73. The van der Waals surface area contributed by atoms with Crippen LogP contribution in [-0.4, -0.2) is 38.4 Å². The minimum absolute atomic E-state index is 0.217. The maximum atomic E-state index is 10.0. The lowest BCUT2D eigenvalue weighted by atomic mass is 9.76. The molecule has 0 heterocycles. The molecule has 1 fully saturated rings. The molecule has 4 N–H and O–H groups in total. The Kier molecular flexibility index (Phi) is 4.73. The first-order chi connectivity index (χ1) is 7.36. The number of rotatable bonds is 4. The van der Waals surface area contributed by atoms with Gasteiger partial charge in [-0.25, -0.2) is 0 Å². The fourth-order valence-electron chi connectivity index (χ4n) is 2.47. The fraction of sp³-hybridized carbons (Fsp3) is 1.00. The lowest BCUT2D eigenvalue weighted by Crippen LogP contribution is -2.48. The van der Waals surface area contributed by atoms with Gasteiger partial charge < -0.3 is 20.4 Å². The Bertz CT molecular complexity index is 217. The molecule has 0 aromatic rings. The Morgan fingerprint density at radius 2 is 1.88 bits per heavy atom. The van der Waals surface area contributed by atoms with Crippen LogP contribution in [-0.2, 0) is 0 Å². The molecule has 4 unspecified atom stereocenters. The highest BCUT2D eigenvalue weighted by Gasteiger charge is 2.42.